The molecule has 1 saturated heterocycles. The number of amides is 2. The Morgan fingerprint density at radius 3 is 2.59 bits per heavy atom. The summed E-state index contributed by atoms with van der Waals surface area (Å²) in [6.45, 7) is 6.92. The summed E-state index contributed by atoms with van der Waals surface area (Å²) in [5.41, 5.74) is 8.96. The molecule has 2 aromatic heterocycles. The average Bonchev–Trinajstić information content (AvgIpc) is 3.20. The molecule has 8 nitrogen and oxygen atoms in total. The van der Waals surface area contributed by atoms with E-state index in [9.17, 15) is 9.59 Å². The highest BCUT2D eigenvalue weighted by Gasteiger charge is 2.35. The van der Waals surface area contributed by atoms with Gasteiger partial charge >= 0.3 is 6.09 Å². The lowest BCUT2D eigenvalue weighted by Gasteiger charge is -2.20. The Labute approximate surface area is 176 Å². The number of hydrogen-bond donors (Lipinski definition) is 1. The maximum Gasteiger partial charge on any atom is 0.415 e. The highest BCUT2D eigenvalue weighted by atomic mass is 32.1. The molecule has 29 heavy (non-hydrogen) atoms. The molecule has 4 rings (SSSR count). The zero-order chi connectivity index (χ0) is 20.0. The Balaban J connectivity index is 0.00000240. The molecule has 2 aliphatic rings. The number of ether oxygens (including phenoxy) is 1. The maximum absolute atomic E-state index is 13.1. The van der Waals surface area contributed by atoms with E-state index in [0.29, 0.717) is 30.4 Å². The molecule has 154 valence electrons. The van der Waals surface area contributed by atoms with E-state index in [1.807, 2.05) is 26.8 Å². The van der Waals surface area contributed by atoms with Crippen molar-refractivity contribution in [1.29, 1.82) is 0 Å². The molecule has 0 aromatic carbocycles. The average molecular weight is 416 g/mol. The van der Waals surface area contributed by atoms with Crippen LogP contribution in [0.5, 0.6) is 0 Å². The van der Waals surface area contributed by atoms with E-state index in [-0.39, 0.29) is 37.9 Å². The second-order valence-corrected chi connectivity index (χ2v) is 7.42. The van der Waals surface area contributed by atoms with Gasteiger partial charge < -0.3 is 10.5 Å². The zero-order valence-corrected chi connectivity index (χ0v) is 17.7. The van der Waals surface area contributed by atoms with Crippen molar-refractivity contribution < 1.29 is 14.3 Å². The minimum absolute atomic E-state index is 0. The van der Waals surface area contributed by atoms with Crippen molar-refractivity contribution in [3.8, 4) is 0 Å². The van der Waals surface area contributed by atoms with E-state index in [1.54, 1.807) is 23.1 Å². The number of anilines is 2. The third kappa shape index (κ3) is 3.56. The molecule has 2 aromatic rings. The van der Waals surface area contributed by atoms with Crippen LogP contribution in [0.25, 0.3) is 0 Å². The molecule has 2 amide bonds. The molecule has 2 aliphatic heterocycles. The summed E-state index contributed by atoms with van der Waals surface area (Å²) in [6.07, 6.45) is -0.427. The lowest BCUT2D eigenvalue weighted by molar-refractivity contribution is 0.0995. The lowest BCUT2D eigenvalue weighted by atomic mass is 10.0. The van der Waals surface area contributed by atoms with E-state index in [0.717, 1.165) is 17.0 Å². The number of cyclic esters (lactones) is 1. The van der Waals surface area contributed by atoms with Gasteiger partial charge in [-0.05, 0) is 31.0 Å². The Bertz CT molecular complexity index is 965. The van der Waals surface area contributed by atoms with Gasteiger partial charge in [0, 0.05) is 23.4 Å². The summed E-state index contributed by atoms with van der Waals surface area (Å²) in [6, 6.07) is 7.03. The minimum atomic E-state index is -0.427. The summed E-state index contributed by atoms with van der Waals surface area (Å²) in [7, 11) is 0. The molecule has 0 spiro atoms. The fourth-order valence-corrected chi connectivity index (χ4v) is 3.57. The number of nitrogens with zero attached hydrogens (tertiary/aromatic N) is 4. The highest BCUT2D eigenvalue weighted by molar-refractivity contribution is 7.59. The predicted molar refractivity (Wildman–Crippen MR) is 115 cm³/mol. The highest BCUT2D eigenvalue weighted by Crippen LogP contribution is 2.32. The smallest absolute Gasteiger partial charge is 0.415 e. The first-order valence-electron chi connectivity index (χ1n) is 9.38. The normalized spacial score (nSPS) is 18.2. The van der Waals surface area contributed by atoms with Gasteiger partial charge in [-0.3, -0.25) is 19.6 Å². The predicted octanol–water partition coefficient (Wildman–Crippen LogP) is 2.68. The molecule has 0 unspecified atom stereocenters. The molecule has 1 atom stereocenters. The first-order valence-corrected chi connectivity index (χ1v) is 9.38. The third-order valence-electron chi connectivity index (χ3n) is 5.13. The Morgan fingerprint density at radius 1 is 1.24 bits per heavy atom. The third-order valence-corrected chi connectivity index (χ3v) is 5.13. The largest absolute Gasteiger partial charge is 0.447 e. The van der Waals surface area contributed by atoms with Crippen LogP contribution in [0.3, 0.4) is 0 Å². The summed E-state index contributed by atoms with van der Waals surface area (Å²) in [4.78, 5) is 37.4. The zero-order valence-electron chi connectivity index (χ0n) is 16.7. The van der Waals surface area contributed by atoms with Crippen LogP contribution in [0.15, 0.2) is 24.3 Å². The van der Waals surface area contributed by atoms with Crippen LogP contribution in [-0.2, 0) is 17.8 Å². The molecule has 0 saturated carbocycles. The SMILES string of the molecule is CC(C)c1cc2c(c(CN)n1)CN(c1cccc(N3C(=O)OC[C@@H]3C)n1)C2=O.S. The molecular weight excluding hydrogens is 390 g/mol. The van der Waals surface area contributed by atoms with E-state index in [4.69, 9.17) is 10.5 Å². The summed E-state index contributed by atoms with van der Waals surface area (Å²) >= 11 is 0. The van der Waals surface area contributed by atoms with Crippen molar-refractivity contribution in [2.45, 2.75) is 45.8 Å². The standard InChI is InChI=1S/C20H23N5O3.H2S/c1-11(2)15-7-13-14(16(8-21)22-15)9-24(19(13)26)17-5-4-6-18(23-17)25-12(3)10-28-20(25)27;/h4-7,11-12H,8-10,21H2,1-3H3;1H2/t12-;/m0./s1. The summed E-state index contributed by atoms with van der Waals surface area (Å²) in [5.74, 6) is 1.02. The number of carbonyl (C=O) groups excluding carboxylic acids is 2. The van der Waals surface area contributed by atoms with Gasteiger partial charge in [0.2, 0.25) is 0 Å². The molecular formula is C20H25N5O3S. The lowest BCUT2D eigenvalue weighted by Crippen LogP contribution is -2.32. The van der Waals surface area contributed by atoms with Crippen molar-refractivity contribution in [1.82, 2.24) is 9.97 Å². The van der Waals surface area contributed by atoms with Crippen LogP contribution >= 0.6 is 13.5 Å². The van der Waals surface area contributed by atoms with Crippen LogP contribution in [0.1, 0.15) is 54.0 Å². The van der Waals surface area contributed by atoms with E-state index in [2.05, 4.69) is 9.97 Å². The van der Waals surface area contributed by atoms with Gasteiger partial charge in [-0.2, -0.15) is 13.5 Å². The van der Waals surface area contributed by atoms with Crippen molar-refractivity contribution >= 4 is 37.1 Å². The number of carbonyl (C=O) groups is 2. The fourth-order valence-electron chi connectivity index (χ4n) is 3.57. The van der Waals surface area contributed by atoms with Crippen molar-refractivity contribution in [2.24, 2.45) is 5.73 Å². The molecule has 0 aliphatic carbocycles. The number of pyridine rings is 2. The van der Waals surface area contributed by atoms with Gasteiger partial charge in [0.1, 0.15) is 18.2 Å². The van der Waals surface area contributed by atoms with E-state index in [1.165, 1.54) is 4.90 Å². The molecule has 4 heterocycles. The maximum atomic E-state index is 13.1. The van der Waals surface area contributed by atoms with Crippen molar-refractivity contribution in [3.63, 3.8) is 0 Å². The van der Waals surface area contributed by atoms with Gasteiger partial charge in [0.05, 0.1) is 18.3 Å². The molecule has 0 radical (unpaired) electrons. The van der Waals surface area contributed by atoms with Crippen LogP contribution in [0.2, 0.25) is 0 Å². The van der Waals surface area contributed by atoms with Crippen molar-refractivity contribution in [3.05, 3.63) is 46.8 Å². The van der Waals surface area contributed by atoms with Crippen LogP contribution in [0.4, 0.5) is 16.4 Å². The number of rotatable bonds is 4. The second kappa shape index (κ2) is 8.00. The number of fused-ring (bicyclic) bond motifs is 1. The summed E-state index contributed by atoms with van der Waals surface area (Å²) < 4.78 is 5.08. The second-order valence-electron chi connectivity index (χ2n) is 7.42. The Kier molecular flexibility index (Phi) is 5.81. The van der Waals surface area contributed by atoms with Gasteiger partial charge in [0.25, 0.3) is 5.91 Å². The van der Waals surface area contributed by atoms with Gasteiger partial charge in [0.15, 0.2) is 0 Å². The van der Waals surface area contributed by atoms with E-state index >= 15 is 0 Å². The van der Waals surface area contributed by atoms with Crippen molar-refractivity contribution in [2.75, 3.05) is 16.4 Å². The minimum Gasteiger partial charge on any atom is -0.447 e. The first-order chi connectivity index (χ1) is 13.4. The monoisotopic (exact) mass is 415 g/mol. The number of aromatic nitrogens is 2. The van der Waals surface area contributed by atoms with Crippen LogP contribution < -0.4 is 15.5 Å². The van der Waals surface area contributed by atoms with Gasteiger partial charge in [-0.15, -0.1) is 0 Å². The molecule has 0 bridgehead atoms. The Hall–Kier alpha value is -2.65. The number of hydrogen-bond acceptors (Lipinski definition) is 6. The van der Waals surface area contributed by atoms with E-state index < -0.39 is 6.09 Å². The summed E-state index contributed by atoms with van der Waals surface area (Å²) in [5, 5.41) is 0. The topological polar surface area (TPSA) is 102 Å². The fraction of sp³-hybridized carbons (Fsp3) is 0.400. The Morgan fingerprint density at radius 2 is 1.97 bits per heavy atom. The first kappa shape index (κ1) is 21.1. The van der Waals surface area contributed by atoms with Crippen LogP contribution in [0, 0.1) is 0 Å². The van der Waals surface area contributed by atoms with Gasteiger partial charge in [-0.25, -0.2) is 9.78 Å². The quantitative estimate of drug-likeness (QED) is 0.824. The number of nitrogens with two attached hydrogens (primary N) is 1. The molecule has 1 fully saturated rings. The molecule has 2 N–H and O–H groups in total. The van der Waals surface area contributed by atoms with Gasteiger partial charge in [-0.1, -0.05) is 19.9 Å². The molecule has 9 heteroatoms. The van der Waals surface area contributed by atoms with Crippen LogP contribution in [-0.4, -0.2) is 34.6 Å².